The van der Waals surface area contributed by atoms with Crippen molar-refractivity contribution in [3.05, 3.63) is 72.3 Å². The van der Waals surface area contributed by atoms with E-state index >= 15 is 0 Å². The molecule has 3 aromatic carbocycles. The third-order valence-electron chi connectivity index (χ3n) is 4.58. The summed E-state index contributed by atoms with van der Waals surface area (Å²) in [6.45, 7) is -0.188. The lowest BCUT2D eigenvalue weighted by atomic mass is 10.1. The van der Waals surface area contributed by atoms with Crippen molar-refractivity contribution in [2.75, 3.05) is 25.6 Å². The number of hydrogen-bond acceptors (Lipinski definition) is 5. The van der Waals surface area contributed by atoms with Crippen LogP contribution in [0.15, 0.2) is 71.6 Å². The molecule has 27 heavy (non-hydrogen) atoms. The maximum absolute atomic E-state index is 13.5. The van der Waals surface area contributed by atoms with Crippen LogP contribution in [0.1, 0.15) is 17.2 Å². The first-order chi connectivity index (χ1) is 12.5. The molecule has 1 unspecified atom stereocenters. The summed E-state index contributed by atoms with van der Waals surface area (Å²) >= 11 is 0. The van der Waals surface area contributed by atoms with Crippen LogP contribution in [-0.2, 0) is 9.84 Å². The Bertz CT molecular complexity index is 1000. The lowest BCUT2D eigenvalue weighted by Gasteiger charge is -2.20. The smallest absolute Gasteiger partial charge is 0.186 e. The molecule has 0 aliphatic heterocycles. The number of fused-ring (bicyclic) bond motifs is 1. The maximum Gasteiger partial charge on any atom is 0.186 e. The molecule has 0 radical (unpaired) electrons. The van der Waals surface area contributed by atoms with Crippen LogP contribution in [0.2, 0.25) is 0 Å². The monoisotopic (exact) mass is 386 g/mol. The van der Waals surface area contributed by atoms with E-state index < -0.39 is 15.1 Å². The van der Waals surface area contributed by atoms with Gasteiger partial charge in [-0.2, -0.15) is 0 Å². The van der Waals surface area contributed by atoms with Crippen molar-refractivity contribution >= 4 is 26.3 Å². The van der Waals surface area contributed by atoms with Crippen molar-refractivity contribution < 1.29 is 13.5 Å². The third kappa shape index (κ3) is 3.98. The zero-order valence-corrected chi connectivity index (χ0v) is 16.5. The molecule has 0 saturated carbocycles. The molecule has 3 rings (SSSR count). The summed E-state index contributed by atoms with van der Waals surface area (Å²) < 4.78 is 27.0. The van der Waals surface area contributed by atoms with E-state index in [4.69, 9.17) is 0 Å². The van der Waals surface area contributed by atoms with Gasteiger partial charge in [0.25, 0.3) is 0 Å². The maximum atomic E-state index is 13.5. The van der Waals surface area contributed by atoms with E-state index in [-0.39, 0.29) is 19.2 Å². The van der Waals surface area contributed by atoms with Crippen LogP contribution in [0, 0.1) is 0 Å². The van der Waals surface area contributed by atoms with Crippen LogP contribution in [0.4, 0.5) is 5.69 Å². The number of aliphatic hydroxyl groups excluding tert-OH is 1. The molecule has 0 aliphatic rings. The quantitative estimate of drug-likeness (QED) is 0.669. The second kappa shape index (κ2) is 8.52. The van der Waals surface area contributed by atoms with Gasteiger partial charge in [0.1, 0.15) is 0 Å². The number of sulfone groups is 1. The van der Waals surface area contributed by atoms with E-state index in [1.54, 1.807) is 24.3 Å². The van der Waals surface area contributed by atoms with E-state index in [1.807, 2.05) is 61.5 Å². The molecular formula is C21H26N2O3S. The van der Waals surface area contributed by atoms with Crippen LogP contribution in [0.3, 0.4) is 0 Å². The fourth-order valence-corrected chi connectivity index (χ4v) is 5.33. The zero-order chi connectivity index (χ0) is 18.7. The van der Waals surface area contributed by atoms with E-state index in [1.165, 1.54) is 0 Å². The van der Waals surface area contributed by atoms with Gasteiger partial charge in [-0.1, -0.05) is 54.6 Å². The summed E-state index contributed by atoms with van der Waals surface area (Å²) in [5.74, 6) is 0. The van der Waals surface area contributed by atoms with Gasteiger partial charge in [0.2, 0.25) is 0 Å². The molecule has 0 aromatic heterocycles. The van der Waals surface area contributed by atoms with Crippen molar-refractivity contribution in [3.8, 4) is 0 Å². The van der Waals surface area contributed by atoms with Crippen LogP contribution in [0.5, 0.6) is 0 Å². The minimum atomic E-state index is -3.66. The van der Waals surface area contributed by atoms with Crippen LogP contribution >= 0.6 is 0 Å². The Kier molecular flexibility index (Phi) is 6.59. The number of rotatable bonds is 6. The van der Waals surface area contributed by atoms with Gasteiger partial charge in [-0.25, -0.2) is 8.42 Å². The number of anilines is 1. The van der Waals surface area contributed by atoms with E-state index in [9.17, 15) is 13.5 Å². The first-order valence-electron chi connectivity index (χ1n) is 8.55. The van der Waals surface area contributed by atoms with Gasteiger partial charge in [0.05, 0.1) is 10.1 Å². The Morgan fingerprint density at radius 3 is 2.15 bits per heavy atom. The molecule has 3 aromatic rings. The molecule has 144 valence electrons. The summed E-state index contributed by atoms with van der Waals surface area (Å²) in [5, 5.41) is 10.3. The SMILES string of the molecule is CN(C)c1cccc2c(S(=O)(=O)C(CCO)c3ccccc3)cccc12.N. The van der Waals surface area contributed by atoms with Crippen molar-refractivity contribution in [3.63, 3.8) is 0 Å². The van der Waals surface area contributed by atoms with Crippen LogP contribution in [-0.4, -0.2) is 34.2 Å². The zero-order valence-electron chi connectivity index (χ0n) is 15.7. The molecule has 6 heteroatoms. The van der Waals surface area contributed by atoms with Gasteiger partial charge >= 0.3 is 0 Å². The van der Waals surface area contributed by atoms with Crippen molar-refractivity contribution in [1.29, 1.82) is 0 Å². The van der Waals surface area contributed by atoms with E-state index in [2.05, 4.69) is 0 Å². The third-order valence-corrected chi connectivity index (χ3v) is 6.81. The van der Waals surface area contributed by atoms with Gasteiger partial charge < -0.3 is 16.2 Å². The first kappa shape index (κ1) is 20.9. The molecule has 1 atom stereocenters. The molecule has 0 saturated heterocycles. The van der Waals surface area contributed by atoms with E-state index in [0.29, 0.717) is 15.8 Å². The Morgan fingerprint density at radius 1 is 0.889 bits per heavy atom. The van der Waals surface area contributed by atoms with Gasteiger partial charge in [-0.15, -0.1) is 0 Å². The summed E-state index contributed by atoms with van der Waals surface area (Å²) in [6.07, 6.45) is 0.163. The minimum absolute atomic E-state index is 0. The second-order valence-corrected chi connectivity index (χ2v) is 8.58. The predicted molar refractivity (Wildman–Crippen MR) is 111 cm³/mol. The lowest BCUT2D eigenvalue weighted by Crippen LogP contribution is -2.16. The first-order valence-corrected chi connectivity index (χ1v) is 10.1. The minimum Gasteiger partial charge on any atom is -0.396 e. The average molecular weight is 387 g/mol. The van der Waals surface area contributed by atoms with Gasteiger partial charge in [-0.3, -0.25) is 0 Å². The second-order valence-electron chi connectivity index (χ2n) is 6.48. The Labute approximate surface area is 160 Å². The lowest BCUT2D eigenvalue weighted by molar-refractivity contribution is 0.285. The highest BCUT2D eigenvalue weighted by atomic mass is 32.2. The fourth-order valence-electron chi connectivity index (χ4n) is 3.34. The molecule has 0 fully saturated rings. The predicted octanol–water partition coefficient (Wildman–Crippen LogP) is 3.97. The van der Waals surface area contributed by atoms with Crippen LogP contribution < -0.4 is 11.1 Å². The molecule has 0 amide bonds. The van der Waals surface area contributed by atoms with Crippen molar-refractivity contribution in [2.45, 2.75) is 16.6 Å². The number of aliphatic hydroxyl groups is 1. The molecule has 5 nitrogen and oxygen atoms in total. The molecule has 0 spiro atoms. The molecule has 0 heterocycles. The highest BCUT2D eigenvalue weighted by Crippen LogP contribution is 2.37. The fraction of sp³-hybridized carbons (Fsp3) is 0.238. The number of hydrogen-bond donors (Lipinski definition) is 2. The Balaban J connectivity index is 0.00000261. The Hall–Kier alpha value is -2.41. The number of nitrogens with zero attached hydrogens (tertiary/aromatic N) is 1. The average Bonchev–Trinajstić information content (AvgIpc) is 2.65. The Morgan fingerprint density at radius 2 is 1.52 bits per heavy atom. The molecule has 4 N–H and O–H groups in total. The van der Waals surface area contributed by atoms with E-state index in [0.717, 1.165) is 11.1 Å². The van der Waals surface area contributed by atoms with Gasteiger partial charge in [-0.05, 0) is 24.1 Å². The largest absolute Gasteiger partial charge is 0.396 e. The topological polar surface area (TPSA) is 92.6 Å². The summed E-state index contributed by atoms with van der Waals surface area (Å²) in [5.41, 5.74) is 1.67. The highest BCUT2D eigenvalue weighted by molar-refractivity contribution is 7.92. The number of benzene rings is 3. The van der Waals surface area contributed by atoms with Gasteiger partial charge in [0, 0.05) is 37.2 Å². The summed E-state index contributed by atoms with van der Waals surface area (Å²) in [4.78, 5) is 2.28. The summed E-state index contributed by atoms with van der Waals surface area (Å²) in [6, 6.07) is 20.2. The molecule has 0 bridgehead atoms. The van der Waals surface area contributed by atoms with Crippen molar-refractivity contribution in [2.24, 2.45) is 0 Å². The highest BCUT2D eigenvalue weighted by Gasteiger charge is 2.30. The van der Waals surface area contributed by atoms with Crippen molar-refractivity contribution in [1.82, 2.24) is 6.15 Å². The standard InChI is InChI=1S/C21H23NO3S.H3N/c1-22(2)19-12-6-11-18-17(19)10-7-13-21(18)26(24,25)20(14-15-23)16-8-4-3-5-9-16;/h3-13,20,23H,14-15H2,1-2H3;1H3. The van der Waals surface area contributed by atoms with Gasteiger partial charge in [0.15, 0.2) is 9.84 Å². The van der Waals surface area contributed by atoms with Crippen LogP contribution in [0.25, 0.3) is 10.8 Å². The molecular weight excluding hydrogens is 360 g/mol. The normalized spacial score (nSPS) is 12.4. The molecule has 0 aliphatic carbocycles. The summed E-state index contributed by atoms with van der Waals surface area (Å²) in [7, 11) is 0.214.